The Hall–Kier alpha value is -0.940. The van der Waals surface area contributed by atoms with E-state index in [0.29, 0.717) is 11.8 Å². The smallest absolute Gasteiger partial charge is 0.183 e. The summed E-state index contributed by atoms with van der Waals surface area (Å²) < 4.78 is 23.5. The van der Waals surface area contributed by atoms with Crippen LogP contribution >= 0.6 is 0 Å². The monoisotopic (exact) mass is 334 g/mol. The summed E-state index contributed by atoms with van der Waals surface area (Å²) >= 11 is 0. The Bertz CT molecular complexity index is 471. The first-order chi connectivity index (χ1) is 11.7. The molecule has 24 heavy (non-hydrogen) atoms. The number of ether oxygens (including phenoxy) is 4. The van der Waals surface area contributed by atoms with Gasteiger partial charge in [0.15, 0.2) is 12.6 Å². The molecule has 0 bridgehead atoms. The van der Waals surface area contributed by atoms with Gasteiger partial charge in [-0.2, -0.15) is 0 Å². The number of aryl methyl sites for hydroxylation is 1. The molecular formula is C20H30O4. The van der Waals surface area contributed by atoms with Crippen molar-refractivity contribution in [3.8, 4) is 0 Å². The first kappa shape index (κ1) is 17.9. The fourth-order valence-electron chi connectivity index (χ4n) is 3.32. The Kier molecular flexibility index (Phi) is 6.67. The minimum absolute atomic E-state index is 0.0482. The summed E-state index contributed by atoms with van der Waals surface area (Å²) in [4.78, 5) is 0. The predicted molar refractivity (Wildman–Crippen MR) is 92.6 cm³/mol. The van der Waals surface area contributed by atoms with Gasteiger partial charge in [0.25, 0.3) is 0 Å². The molecule has 0 unspecified atom stereocenters. The summed E-state index contributed by atoms with van der Waals surface area (Å²) in [7, 11) is 0. The van der Waals surface area contributed by atoms with Gasteiger partial charge in [0, 0.05) is 17.4 Å². The average Bonchev–Trinajstić information content (AvgIpc) is 2.63. The van der Waals surface area contributed by atoms with Crippen LogP contribution in [0.1, 0.15) is 50.0 Å². The Labute approximate surface area is 145 Å². The van der Waals surface area contributed by atoms with Gasteiger partial charge in [0.2, 0.25) is 0 Å². The van der Waals surface area contributed by atoms with Crippen LogP contribution in [-0.4, -0.2) is 32.7 Å². The molecule has 4 heteroatoms. The molecule has 0 radical (unpaired) electrons. The molecule has 2 fully saturated rings. The predicted octanol–water partition coefficient (Wildman–Crippen LogP) is 4.23. The zero-order chi connectivity index (χ0) is 16.8. The van der Waals surface area contributed by atoms with Gasteiger partial charge in [0.05, 0.1) is 26.4 Å². The number of hydrogen-bond donors (Lipinski definition) is 0. The van der Waals surface area contributed by atoms with E-state index in [-0.39, 0.29) is 12.6 Å². The van der Waals surface area contributed by atoms with Crippen LogP contribution in [0.3, 0.4) is 0 Å². The van der Waals surface area contributed by atoms with E-state index in [9.17, 15) is 0 Å². The summed E-state index contributed by atoms with van der Waals surface area (Å²) in [6, 6.07) is 8.35. The molecule has 1 aromatic carbocycles. The van der Waals surface area contributed by atoms with Crippen LogP contribution in [0, 0.1) is 18.8 Å². The van der Waals surface area contributed by atoms with Gasteiger partial charge in [-0.05, 0) is 26.2 Å². The Morgan fingerprint density at radius 1 is 0.792 bits per heavy atom. The molecule has 2 saturated heterocycles. The quantitative estimate of drug-likeness (QED) is 0.780. The van der Waals surface area contributed by atoms with Crippen molar-refractivity contribution in [1.82, 2.24) is 0 Å². The standard InChI is InChI=1S/C20H30O4/c1-3-4-16-11-21-19(22-12-16)10-7-17-13-23-20(24-14-17)18-8-5-15(2)6-9-18/h5-6,8-9,16-17,19-20H,3-4,7,10-14H2,1-2H3/t16-,17-,19-,20-. The molecule has 0 aliphatic carbocycles. The fourth-order valence-corrected chi connectivity index (χ4v) is 3.32. The van der Waals surface area contributed by atoms with Crippen LogP contribution in [0.15, 0.2) is 24.3 Å². The molecule has 3 rings (SSSR count). The second kappa shape index (κ2) is 8.95. The van der Waals surface area contributed by atoms with E-state index in [4.69, 9.17) is 18.9 Å². The van der Waals surface area contributed by atoms with Crippen molar-refractivity contribution in [1.29, 1.82) is 0 Å². The van der Waals surface area contributed by atoms with E-state index >= 15 is 0 Å². The zero-order valence-electron chi connectivity index (χ0n) is 14.9. The molecule has 0 N–H and O–H groups in total. The third-order valence-electron chi connectivity index (χ3n) is 4.86. The number of rotatable bonds is 6. The van der Waals surface area contributed by atoms with E-state index in [2.05, 4.69) is 38.1 Å². The average molecular weight is 334 g/mol. The van der Waals surface area contributed by atoms with E-state index in [1.54, 1.807) is 0 Å². The van der Waals surface area contributed by atoms with Gasteiger partial charge >= 0.3 is 0 Å². The molecular weight excluding hydrogens is 304 g/mol. The van der Waals surface area contributed by atoms with Gasteiger partial charge < -0.3 is 18.9 Å². The minimum atomic E-state index is -0.223. The number of hydrogen-bond acceptors (Lipinski definition) is 4. The summed E-state index contributed by atoms with van der Waals surface area (Å²) in [5, 5.41) is 0. The largest absolute Gasteiger partial charge is 0.352 e. The van der Waals surface area contributed by atoms with Crippen LogP contribution in [-0.2, 0) is 18.9 Å². The van der Waals surface area contributed by atoms with E-state index in [1.165, 1.54) is 18.4 Å². The lowest BCUT2D eigenvalue weighted by Crippen LogP contribution is -2.33. The highest BCUT2D eigenvalue weighted by Gasteiger charge is 2.26. The van der Waals surface area contributed by atoms with Gasteiger partial charge in [-0.15, -0.1) is 0 Å². The van der Waals surface area contributed by atoms with Gasteiger partial charge in [-0.25, -0.2) is 0 Å². The topological polar surface area (TPSA) is 36.9 Å². The Balaban J connectivity index is 1.35. The Morgan fingerprint density at radius 3 is 2.00 bits per heavy atom. The highest BCUT2D eigenvalue weighted by Crippen LogP contribution is 2.28. The maximum absolute atomic E-state index is 5.90. The van der Waals surface area contributed by atoms with Crippen molar-refractivity contribution in [2.24, 2.45) is 11.8 Å². The van der Waals surface area contributed by atoms with E-state index in [1.807, 2.05) is 0 Å². The third-order valence-corrected chi connectivity index (χ3v) is 4.86. The molecule has 0 saturated carbocycles. The van der Waals surface area contributed by atoms with E-state index < -0.39 is 0 Å². The second-order valence-corrected chi connectivity index (χ2v) is 7.10. The third kappa shape index (κ3) is 5.03. The number of benzene rings is 1. The van der Waals surface area contributed by atoms with Crippen molar-refractivity contribution in [2.45, 2.75) is 52.1 Å². The summed E-state index contributed by atoms with van der Waals surface area (Å²) in [5.41, 5.74) is 2.35. The van der Waals surface area contributed by atoms with Crippen LogP contribution in [0.2, 0.25) is 0 Å². The van der Waals surface area contributed by atoms with Gasteiger partial charge in [-0.1, -0.05) is 43.2 Å². The maximum atomic E-state index is 5.90. The van der Waals surface area contributed by atoms with Crippen molar-refractivity contribution in [3.63, 3.8) is 0 Å². The SMILES string of the molecule is CCC[C@H]1CO[C@H](CC[C@H]2CO[C@H](c3ccc(C)cc3)OC2)OC1. The van der Waals surface area contributed by atoms with Crippen LogP contribution in [0.25, 0.3) is 0 Å². The summed E-state index contributed by atoms with van der Waals surface area (Å²) in [6.45, 7) is 7.45. The molecule has 2 heterocycles. The highest BCUT2D eigenvalue weighted by atomic mass is 16.7. The minimum Gasteiger partial charge on any atom is -0.352 e. The molecule has 0 spiro atoms. The van der Waals surface area contributed by atoms with Crippen LogP contribution in [0.5, 0.6) is 0 Å². The maximum Gasteiger partial charge on any atom is 0.183 e. The van der Waals surface area contributed by atoms with Crippen molar-refractivity contribution < 1.29 is 18.9 Å². The zero-order valence-corrected chi connectivity index (χ0v) is 14.9. The normalized spacial score (nSPS) is 31.1. The highest BCUT2D eigenvalue weighted by molar-refractivity contribution is 5.22. The van der Waals surface area contributed by atoms with Crippen LogP contribution < -0.4 is 0 Å². The lowest BCUT2D eigenvalue weighted by molar-refractivity contribution is -0.220. The Morgan fingerprint density at radius 2 is 1.38 bits per heavy atom. The molecule has 0 aromatic heterocycles. The lowest BCUT2D eigenvalue weighted by atomic mass is 10.0. The molecule has 0 amide bonds. The lowest BCUT2D eigenvalue weighted by Gasteiger charge is -2.32. The first-order valence-corrected chi connectivity index (χ1v) is 9.27. The molecule has 1 aromatic rings. The molecule has 2 aliphatic rings. The van der Waals surface area contributed by atoms with Crippen molar-refractivity contribution >= 4 is 0 Å². The molecule has 2 aliphatic heterocycles. The first-order valence-electron chi connectivity index (χ1n) is 9.27. The summed E-state index contributed by atoms with van der Waals surface area (Å²) in [5.74, 6) is 0.995. The van der Waals surface area contributed by atoms with E-state index in [0.717, 1.165) is 44.8 Å². The fraction of sp³-hybridized carbons (Fsp3) is 0.700. The van der Waals surface area contributed by atoms with Crippen molar-refractivity contribution in [3.05, 3.63) is 35.4 Å². The molecule has 0 atom stereocenters. The molecule has 134 valence electrons. The van der Waals surface area contributed by atoms with Crippen molar-refractivity contribution in [2.75, 3.05) is 26.4 Å². The van der Waals surface area contributed by atoms with Crippen LogP contribution in [0.4, 0.5) is 0 Å². The second-order valence-electron chi connectivity index (χ2n) is 7.10. The van der Waals surface area contributed by atoms with Gasteiger partial charge in [-0.3, -0.25) is 0 Å². The molecule has 4 nitrogen and oxygen atoms in total. The van der Waals surface area contributed by atoms with Gasteiger partial charge in [0.1, 0.15) is 0 Å². The summed E-state index contributed by atoms with van der Waals surface area (Å²) in [6.07, 6.45) is 4.06.